The van der Waals surface area contributed by atoms with Gasteiger partial charge in [-0.2, -0.15) is 0 Å². The third kappa shape index (κ3) is 4.50. The first-order valence-electron chi connectivity index (χ1n) is 10.1. The van der Waals surface area contributed by atoms with Crippen LogP contribution in [0.1, 0.15) is 35.8 Å². The van der Waals surface area contributed by atoms with E-state index in [2.05, 4.69) is 108 Å². The van der Waals surface area contributed by atoms with Gasteiger partial charge in [0.25, 0.3) is 0 Å². The highest BCUT2D eigenvalue weighted by Gasteiger charge is 2.35. The fraction of sp³-hybridized carbons (Fsp3) is 0.280. The van der Waals surface area contributed by atoms with Crippen molar-refractivity contribution in [2.75, 3.05) is 13.2 Å². The highest BCUT2D eigenvalue weighted by atomic mass is 16.5. The van der Waals surface area contributed by atoms with Gasteiger partial charge in [-0.25, -0.2) is 5.01 Å². The van der Waals surface area contributed by atoms with Gasteiger partial charge in [-0.3, -0.25) is 5.43 Å². The van der Waals surface area contributed by atoms with E-state index in [9.17, 15) is 0 Å². The van der Waals surface area contributed by atoms with Crippen molar-refractivity contribution in [1.29, 1.82) is 0 Å². The number of benzene rings is 3. The van der Waals surface area contributed by atoms with Crippen molar-refractivity contribution in [3.63, 3.8) is 0 Å². The first kappa shape index (κ1) is 18.9. The summed E-state index contributed by atoms with van der Waals surface area (Å²) in [5, 5.41) is 2.38. The van der Waals surface area contributed by atoms with Crippen LogP contribution in [-0.4, -0.2) is 24.2 Å². The van der Waals surface area contributed by atoms with Crippen molar-refractivity contribution in [3.05, 3.63) is 108 Å². The minimum atomic E-state index is 0.00813. The van der Waals surface area contributed by atoms with E-state index in [1.165, 1.54) is 16.7 Å². The van der Waals surface area contributed by atoms with Gasteiger partial charge in [0.2, 0.25) is 0 Å². The van der Waals surface area contributed by atoms with E-state index in [1.807, 2.05) is 0 Å². The maximum absolute atomic E-state index is 6.28. The predicted octanol–water partition coefficient (Wildman–Crippen LogP) is 4.94. The van der Waals surface area contributed by atoms with Crippen LogP contribution in [0.15, 0.2) is 91.0 Å². The molecule has 0 aliphatic carbocycles. The standard InChI is InChI=1S/C25H28N2O/c1-20(19-21-11-5-2-6-12-21)26-27-17-18-28-25(23-15-9-4-10-16-23)24(27)22-13-7-3-8-14-22/h2-16,20,24-26H,17-19H2,1H3. The Hall–Kier alpha value is -2.46. The lowest BCUT2D eigenvalue weighted by Gasteiger charge is -2.43. The number of hydrogen-bond donors (Lipinski definition) is 1. The van der Waals surface area contributed by atoms with Gasteiger partial charge in [0, 0.05) is 12.6 Å². The van der Waals surface area contributed by atoms with Crippen molar-refractivity contribution < 1.29 is 4.74 Å². The maximum atomic E-state index is 6.28. The topological polar surface area (TPSA) is 24.5 Å². The quantitative estimate of drug-likeness (QED) is 0.663. The highest BCUT2D eigenvalue weighted by molar-refractivity contribution is 5.27. The normalized spacial score (nSPS) is 21.3. The van der Waals surface area contributed by atoms with E-state index in [-0.39, 0.29) is 12.1 Å². The molecule has 144 valence electrons. The van der Waals surface area contributed by atoms with Crippen molar-refractivity contribution in [2.24, 2.45) is 0 Å². The minimum Gasteiger partial charge on any atom is -0.370 e. The van der Waals surface area contributed by atoms with Crippen molar-refractivity contribution >= 4 is 0 Å². The Morgan fingerprint density at radius 3 is 2.07 bits per heavy atom. The monoisotopic (exact) mass is 372 g/mol. The second kappa shape index (κ2) is 9.16. The minimum absolute atomic E-state index is 0.00813. The zero-order valence-corrected chi connectivity index (χ0v) is 16.4. The van der Waals surface area contributed by atoms with Crippen LogP contribution in [-0.2, 0) is 11.2 Å². The zero-order chi connectivity index (χ0) is 19.2. The van der Waals surface area contributed by atoms with Crippen LogP contribution in [0, 0.1) is 0 Å². The van der Waals surface area contributed by atoms with Crippen LogP contribution in [0.2, 0.25) is 0 Å². The Morgan fingerprint density at radius 1 is 0.857 bits per heavy atom. The van der Waals surface area contributed by atoms with Crippen LogP contribution in [0.5, 0.6) is 0 Å². The van der Waals surface area contributed by atoms with Crippen LogP contribution in [0.4, 0.5) is 0 Å². The van der Waals surface area contributed by atoms with Crippen LogP contribution < -0.4 is 5.43 Å². The number of ether oxygens (including phenoxy) is 1. The summed E-state index contributed by atoms with van der Waals surface area (Å²) in [7, 11) is 0. The molecule has 28 heavy (non-hydrogen) atoms. The van der Waals surface area contributed by atoms with Crippen LogP contribution >= 0.6 is 0 Å². The number of hydrogen-bond acceptors (Lipinski definition) is 3. The third-order valence-corrected chi connectivity index (χ3v) is 5.29. The van der Waals surface area contributed by atoms with Gasteiger partial charge in [-0.15, -0.1) is 0 Å². The molecule has 0 radical (unpaired) electrons. The SMILES string of the molecule is CC(Cc1ccccc1)NN1CCOC(c2ccccc2)C1c1ccccc1. The number of morpholine rings is 1. The van der Waals surface area contributed by atoms with E-state index >= 15 is 0 Å². The molecule has 3 heteroatoms. The average Bonchev–Trinajstić information content (AvgIpc) is 2.75. The molecule has 0 aromatic heterocycles. The summed E-state index contributed by atoms with van der Waals surface area (Å²) in [5.41, 5.74) is 7.62. The molecule has 3 unspecified atom stereocenters. The van der Waals surface area contributed by atoms with Crippen molar-refractivity contribution in [3.8, 4) is 0 Å². The Labute approximate surface area is 167 Å². The van der Waals surface area contributed by atoms with Gasteiger partial charge in [0.05, 0.1) is 12.6 Å². The van der Waals surface area contributed by atoms with Gasteiger partial charge in [0.15, 0.2) is 0 Å². The fourth-order valence-electron chi connectivity index (χ4n) is 4.04. The summed E-state index contributed by atoms with van der Waals surface area (Å²) < 4.78 is 6.28. The molecule has 4 rings (SSSR count). The molecule has 0 saturated carbocycles. The van der Waals surface area contributed by atoms with E-state index in [0.29, 0.717) is 12.6 Å². The molecule has 0 bridgehead atoms. The molecule has 1 heterocycles. The number of rotatable bonds is 6. The van der Waals surface area contributed by atoms with Crippen molar-refractivity contribution in [2.45, 2.75) is 31.5 Å². The molecular formula is C25H28N2O. The van der Waals surface area contributed by atoms with E-state index < -0.39 is 0 Å². The predicted molar refractivity (Wildman–Crippen MR) is 114 cm³/mol. The summed E-state index contributed by atoms with van der Waals surface area (Å²) >= 11 is 0. The van der Waals surface area contributed by atoms with E-state index in [1.54, 1.807) is 0 Å². The lowest BCUT2D eigenvalue weighted by molar-refractivity contribution is -0.0999. The summed E-state index contributed by atoms with van der Waals surface area (Å²) in [6, 6.07) is 32.4. The van der Waals surface area contributed by atoms with Gasteiger partial charge in [-0.1, -0.05) is 91.0 Å². The molecule has 1 N–H and O–H groups in total. The molecule has 3 nitrogen and oxygen atoms in total. The first-order chi connectivity index (χ1) is 13.8. The summed E-state index contributed by atoms with van der Waals surface area (Å²) in [6.45, 7) is 3.83. The van der Waals surface area contributed by atoms with Crippen LogP contribution in [0.3, 0.4) is 0 Å². The third-order valence-electron chi connectivity index (χ3n) is 5.29. The smallest absolute Gasteiger partial charge is 0.104 e. The first-order valence-corrected chi connectivity index (χ1v) is 10.1. The summed E-state index contributed by atoms with van der Waals surface area (Å²) in [6.07, 6.45) is 1.00. The largest absolute Gasteiger partial charge is 0.370 e. The van der Waals surface area contributed by atoms with E-state index in [4.69, 9.17) is 4.74 Å². The lowest BCUT2D eigenvalue weighted by Crippen LogP contribution is -2.52. The zero-order valence-electron chi connectivity index (χ0n) is 16.4. The molecule has 1 fully saturated rings. The number of nitrogens with zero attached hydrogens (tertiary/aromatic N) is 1. The second-order valence-electron chi connectivity index (χ2n) is 7.47. The number of nitrogens with one attached hydrogen (secondary N) is 1. The Bertz CT molecular complexity index is 838. The Balaban J connectivity index is 1.57. The molecule has 1 saturated heterocycles. The highest BCUT2D eigenvalue weighted by Crippen LogP contribution is 2.38. The second-order valence-corrected chi connectivity index (χ2v) is 7.47. The maximum Gasteiger partial charge on any atom is 0.104 e. The lowest BCUT2D eigenvalue weighted by atomic mass is 9.94. The van der Waals surface area contributed by atoms with E-state index in [0.717, 1.165) is 13.0 Å². The van der Waals surface area contributed by atoms with Crippen molar-refractivity contribution in [1.82, 2.24) is 10.4 Å². The Kier molecular flexibility index (Phi) is 6.17. The molecule has 3 atom stereocenters. The van der Waals surface area contributed by atoms with Gasteiger partial charge >= 0.3 is 0 Å². The number of hydrazine groups is 1. The van der Waals surface area contributed by atoms with Gasteiger partial charge in [0.1, 0.15) is 6.10 Å². The molecule has 3 aromatic carbocycles. The summed E-state index contributed by atoms with van der Waals surface area (Å²) in [4.78, 5) is 0. The molecule has 0 spiro atoms. The molecule has 3 aromatic rings. The Morgan fingerprint density at radius 2 is 1.43 bits per heavy atom. The summed E-state index contributed by atoms with van der Waals surface area (Å²) in [5.74, 6) is 0. The molecular weight excluding hydrogens is 344 g/mol. The average molecular weight is 373 g/mol. The van der Waals surface area contributed by atoms with Gasteiger partial charge < -0.3 is 4.74 Å². The van der Waals surface area contributed by atoms with Crippen LogP contribution in [0.25, 0.3) is 0 Å². The molecule has 0 amide bonds. The molecule has 1 aliphatic rings. The fourth-order valence-corrected chi connectivity index (χ4v) is 4.04. The van der Waals surface area contributed by atoms with Gasteiger partial charge in [-0.05, 0) is 30.0 Å². The molecule has 1 aliphatic heterocycles.